The van der Waals surface area contributed by atoms with Gasteiger partial charge in [0.05, 0.1) is 18.3 Å². The summed E-state index contributed by atoms with van der Waals surface area (Å²) in [5, 5.41) is 21.1. The molecule has 5 aliphatic carbocycles. The van der Waals surface area contributed by atoms with Gasteiger partial charge in [0.25, 0.3) is 5.91 Å². The number of carboxylic acids is 1. The molecule has 0 saturated heterocycles. The molecule has 174 valence electrons. The molecule has 0 spiro atoms. The van der Waals surface area contributed by atoms with Crippen LogP contribution in [0.25, 0.3) is 0 Å². The lowest BCUT2D eigenvalue weighted by Crippen LogP contribution is -2.48. The fourth-order valence-electron chi connectivity index (χ4n) is 6.89. The minimum Gasteiger partial charge on any atom is -0.493 e. The number of ether oxygens (including phenoxy) is 1. The lowest BCUT2D eigenvalue weighted by Gasteiger charge is -2.56. The van der Waals surface area contributed by atoms with Crippen LogP contribution in [0.2, 0.25) is 0 Å². The minimum absolute atomic E-state index is 0.202. The summed E-state index contributed by atoms with van der Waals surface area (Å²) in [5.41, 5.74) is 0.819. The fourth-order valence-corrected chi connectivity index (χ4v) is 6.89. The molecule has 4 bridgehead atoms. The quantitative estimate of drug-likeness (QED) is 0.565. The highest BCUT2D eigenvalue weighted by Crippen LogP contribution is 2.60. The van der Waals surface area contributed by atoms with Gasteiger partial charge in [0.1, 0.15) is 11.6 Å². The summed E-state index contributed by atoms with van der Waals surface area (Å²) in [5.74, 6) is 0.243. The third kappa shape index (κ3) is 4.12. The molecule has 5 aliphatic rings. The van der Waals surface area contributed by atoms with Crippen LogP contribution in [0.4, 0.5) is 4.39 Å². The topological polar surface area (TPSA) is 95.9 Å². The molecule has 0 aliphatic heterocycles. The van der Waals surface area contributed by atoms with Crippen molar-refractivity contribution in [2.45, 2.75) is 76.4 Å². The Balaban J connectivity index is 1.34. The van der Waals surface area contributed by atoms with Gasteiger partial charge in [-0.25, -0.2) is 9.18 Å². The second-order valence-electron chi connectivity index (χ2n) is 10.9. The summed E-state index contributed by atoms with van der Waals surface area (Å²) in [6.07, 6.45) is 8.31. The number of amides is 1. The second kappa shape index (κ2) is 8.01. The van der Waals surface area contributed by atoms with Crippen LogP contribution in [0.1, 0.15) is 80.1 Å². The van der Waals surface area contributed by atoms with Crippen LogP contribution in [0.3, 0.4) is 0 Å². The maximum atomic E-state index is 15.0. The zero-order valence-electron chi connectivity index (χ0n) is 18.5. The Morgan fingerprint density at radius 1 is 1.16 bits per heavy atom. The van der Waals surface area contributed by atoms with E-state index >= 15 is 0 Å². The van der Waals surface area contributed by atoms with Crippen LogP contribution in [0.15, 0.2) is 12.1 Å². The van der Waals surface area contributed by atoms with E-state index in [0.29, 0.717) is 12.4 Å². The van der Waals surface area contributed by atoms with Crippen molar-refractivity contribution in [2.75, 3.05) is 6.61 Å². The molecule has 0 aromatic heterocycles. The van der Waals surface area contributed by atoms with Gasteiger partial charge in [0.15, 0.2) is 6.04 Å². The summed E-state index contributed by atoms with van der Waals surface area (Å²) in [7, 11) is 0. The van der Waals surface area contributed by atoms with Gasteiger partial charge in [-0.2, -0.15) is 0 Å². The van der Waals surface area contributed by atoms with Gasteiger partial charge in [-0.3, -0.25) is 4.79 Å². The predicted molar refractivity (Wildman–Crippen MR) is 115 cm³/mol. The lowest BCUT2D eigenvalue weighted by atomic mass is 9.50. The van der Waals surface area contributed by atoms with Gasteiger partial charge in [-0.1, -0.05) is 0 Å². The van der Waals surface area contributed by atoms with Crippen LogP contribution in [0, 0.1) is 29.0 Å². The average Bonchev–Trinajstić information content (AvgIpc) is 3.54. The molecule has 1 amide bonds. The maximum absolute atomic E-state index is 15.0. The van der Waals surface area contributed by atoms with E-state index in [-0.39, 0.29) is 16.9 Å². The number of halogens is 1. The number of aliphatic hydroxyl groups excluding tert-OH is 1. The molecule has 0 unspecified atom stereocenters. The predicted octanol–water partition coefficient (Wildman–Crippen LogP) is 3.86. The Morgan fingerprint density at radius 3 is 2.25 bits per heavy atom. The van der Waals surface area contributed by atoms with E-state index < -0.39 is 29.8 Å². The molecular formula is C25H32FNO5. The molecule has 5 saturated carbocycles. The van der Waals surface area contributed by atoms with E-state index in [9.17, 15) is 24.2 Å². The number of carbonyl (C=O) groups is 2. The van der Waals surface area contributed by atoms with Crippen LogP contribution in [0.5, 0.6) is 5.75 Å². The van der Waals surface area contributed by atoms with E-state index in [2.05, 4.69) is 5.32 Å². The number of carbonyl (C=O) groups excluding carboxylic acids is 1. The standard InChI is InChI=1S/C25H32FNO5/c1-13(28)22(24(30)31)27-23(29)19-7-18(17-2-3-17)21(8-20(19)26)32-12-25-9-14-4-15(10-25)6-16(5-14)11-25/h7-8,13-17,22,28H,2-6,9-12H2,1H3,(H,27,29)(H,30,31)/t13-,14?,15?,16?,22+,25?/m1/s1. The van der Waals surface area contributed by atoms with Crippen LogP contribution in [-0.2, 0) is 4.79 Å². The molecule has 5 fully saturated rings. The van der Waals surface area contributed by atoms with Crippen molar-refractivity contribution in [2.24, 2.45) is 23.2 Å². The SMILES string of the molecule is C[C@@H](O)[C@H](NC(=O)c1cc(C2CC2)c(OCC23CC4CC(CC(C4)C2)C3)cc1F)C(=O)O. The van der Waals surface area contributed by atoms with Gasteiger partial charge >= 0.3 is 5.97 Å². The Labute approximate surface area is 187 Å². The number of aliphatic hydroxyl groups is 1. The Bertz CT molecular complexity index is 890. The number of hydrogen-bond donors (Lipinski definition) is 3. The van der Waals surface area contributed by atoms with Crippen LogP contribution < -0.4 is 10.1 Å². The molecule has 6 rings (SSSR count). The molecule has 7 heteroatoms. The first kappa shape index (κ1) is 21.7. The molecule has 1 aromatic rings. The Kier molecular flexibility index (Phi) is 5.43. The first-order chi connectivity index (χ1) is 15.2. The van der Waals surface area contributed by atoms with Crippen molar-refractivity contribution in [3.63, 3.8) is 0 Å². The summed E-state index contributed by atoms with van der Waals surface area (Å²) >= 11 is 0. The van der Waals surface area contributed by atoms with Gasteiger partial charge in [-0.05, 0) is 93.6 Å². The van der Waals surface area contributed by atoms with Crippen molar-refractivity contribution in [3.8, 4) is 5.75 Å². The maximum Gasteiger partial charge on any atom is 0.328 e. The largest absolute Gasteiger partial charge is 0.493 e. The summed E-state index contributed by atoms with van der Waals surface area (Å²) in [6, 6.07) is 1.30. The van der Waals surface area contributed by atoms with Crippen LogP contribution in [-0.4, -0.2) is 40.8 Å². The second-order valence-corrected chi connectivity index (χ2v) is 10.9. The minimum atomic E-state index is -1.50. The van der Waals surface area contributed by atoms with Crippen molar-refractivity contribution in [1.29, 1.82) is 0 Å². The highest BCUT2D eigenvalue weighted by Gasteiger charge is 2.51. The number of carboxylic acid groups (broad SMARTS) is 1. The van der Waals surface area contributed by atoms with E-state index in [4.69, 9.17) is 4.74 Å². The van der Waals surface area contributed by atoms with Gasteiger partial charge in [0, 0.05) is 11.5 Å². The number of aliphatic carboxylic acids is 1. The molecule has 0 heterocycles. The molecule has 1 aromatic carbocycles. The Morgan fingerprint density at radius 2 is 1.75 bits per heavy atom. The average molecular weight is 446 g/mol. The highest BCUT2D eigenvalue weighted by molar-refractivity contribution is 5.97. The van der Waals surface area contributed by atoms with E-state index in [1.807, 2.05) is 0 Å². The number of rotatable bonds is 8. The van der Waals surface area contributed by atoms with Crippen LogP contribution >= 0.6 is 0 Å². The first-order valence-electron chi connectivity index (χ1n) is 11.9. The Hall–Kier alpha value is -2.15. The van der Waals surface area contributed by atoms with E-state index in [1.165, 1.54) is 57.6 Å². The highest BCUT2D eigenvalue weighted by atomic mass is 19.1. The summed E-state index contributed by atoms with van der Waals surface area (Å²) in [6.45, 7) is 1.87. The zero-order chi connectivity index (χ0) is 22.6. The molecule has 32 heavy (non-hydrogen) atoms. The zero-order valence-corrected chi connectivity index (χ0v) is 18.5. The van der Waals surface area contributed by atoms with Gasteiger partial charge < -0.3 is 20.3 Å². The monoisotopic (exact) mass is 445 g/mol. The fraction of sp³-hybridized carbons (Fsp3) is 0.680. The first-order valence-corrected chi connectivity index (χ1v) is 11.9. The molecule has 2 atom stereocenters. The van der Waals surface area contributed by atoms with Crippen molar-refractivity contribution in [1.82, 2.24) is 5.32 Å². The number of nitrogens with one attached hydrogen (secondary N) is 1. The van der Waals surface area contributed by atoms with Crippen molar-refractivity contribution < 1.29 is 28.9 Å². The molecule has 6 nitrogen and oxygen atoms in total. The molecule has 3 N–H and O–H groups in total. The van der Waals surface area contributed by atoms with E-state index in [0.717, 1.165) is 36.2 Å². The summed E-state index contributed by atoms with van der Waals surface area (Å²) < 4.78 is 21.2. The van der Waals surface area contributed by atoms with E-state index in [1.54, 1.807) is 0 Å². The number of hydrogen-bond acceptors (Lipinski definition) is 4. The third-order valence-corrected chi connectivity index (χ3v) is 8.10. The van der Waals surface area contributed by atoms with Gasteiger partial charge in [-0.15, -0.1) is 0 Å². The van der Waals surface area contributed by atoms with Crippen molar-refractivity contribution in [3.05, 3.63) is 29.1 Å². The van der Waals surface area contributed by atoms with Gasteiger partial charge in [0.2, 0.25) is 0 Å². The lowest BCUT2D eigenvalue weighted by molar-refractivity contribution is -0.141. The smallest absolute Gasteiger partial charge is 0.328 e. The normalized spacial score (nSPS) is 32.4. The third-order valence-electron chi connectivity index (χ3n) is 8.10. The van der Waals surface area contributed by atoms with Crippen molar-refractivity contribution >= 4 is 11.9 Å². The summed E-state index contributed by atoms with van der Waals surface area (Å²) in [4.78, 5) is 23.9. The molecule has 0 radical (unpaired) electrons. The molecular weight excluding hydrogens is 413 g/mol. The number of benzene rings is 1.